The minimum absolute atomic E-state index is 0.0961. The van der Waals surface area contributed by atoms with Crippen molar-refractivity contribution in [1.29, 1.82) is 0 Å². The third-order valence-corrected chi connectivity index (χ3v) is 6.93. The number of aldehydes is 1. The van der Waals surface area contributed by atoms with Gasteiger partial charge < -0.3 is 15.0 Å². The van der Waals surface area contributed by atoms with Crippen molar-refractivity contribution in [2.24, 2.45) is 23.2 Å². The minimum Gasteiger partial charge on any atom is -0.508 e. The van der Waals surface area contributed by atoms with Gasteiger partial charge in [-0.1, -0.05) is 13.0 Å². The molecule has 4 rings (SSSR count). The number of hydrogen-bond acceptors (Lipinski definition) is 3. The number of benzene rings is 1. The lowest BCUT2D eigenvalue weighted by Gasteiger charge is -2.50. The molecule has 118 valence electrons. The van der Waals surface area contributed by atoms with Crippen LogP contribution in [0.2, 0.25) is 0 Å². The van der Waals surface area contributed by atoms with Crippen LogP contribution in [0, 0.1) is 23.2 Å². The number of fused-ring (bicyclic) bond motifs is 5. The number of phenolic OH excluding ortho intramolecular Hbond substituents is 1. The molecule has 0 spiro atoms. The maximum atomic E-state index is 11.3. The molecule has 0 heterocycles. The molecule has 0 bridgehead atoms. The van der Waals surface area contributed by atoms with E-state index in [-0.39, 0.29) is 11.3 Å². The van der Waals surface area contributed by atoms with Crippen LogP contribution in [0.3, 0.4) is 0 Å². The van der Waals surface area contributed by atoms with E-state index in [0.29, 0.717) is 23.5 Å². The Bertz CT molecular complexity index is 611. The first-order chi connectivity index (χ1) is 10.5. The Morgan fingerprint density at radius 3 is 2.91 bits per heavy atom. The number of aliphatic hydroxyl groups is 1. The fourth-order valence-corrected chi connectivity index (χ4v) is 5.77. The lowest BCUT2D eigenvalue weighted by molar-refractivity contribution is -0.115. The molecule has 6 unspecified atom stereocenters. The molecule has 22 heavy (non-hydrogen) atoms. The van der Waals surface area contributed by atoms with E-state index in [4.69, 9.17) is 0 Å². The van der Waals surface area contributed by atoms with Gasteiger partial charge in [-0.05, 0) is 78.5 Å². The molecule has 6 atom stereocenters. The van der Waals surface area contributed by atoms with Crippen LogP contribution < -0.4 is 0 Å². The van der Waals surface area contributed by atoms with Gasteiger partial charge in [-0.25, -0.2) is 0 Å². The summed E-state index contributed by atoms with van der Waals surface area (Å²) < 4.78 is 0. The summed E-state index contributed by atoms with van der Waals surface area (Å²) in [5.41, 5.74) is 2.58. The van der Waals surface area contributed by atoms with Gasteiger partial charge in [0.05, 0.1) is 6.10 Å². The molecule has 0 saturated heterocycles. The van der Waals surface area contributed by atoms with Crippen LogP contribution in [0.5, 0.6) is 5.75 Å². The molecule has 3 heteroatoms. The third-order valence-electron chi connectivity index (χ3n) is 6.93. The molecule has 3 aliphatic rings. The molecule has 0 amide bonds. The average Bonchev–Trinajstić information content (AvgIpc) is 2.78. The molecule has 1 aromatic rings. The van der Waals surface area contributed by atoms with Crippen LogP contribution in [-0.2, 0) is 11.2 Å². The zero-order valence-corrected chi connectivity index (χ0v) is 13.0. The summed E-state index contributed by atoms with van der Waals surface area (Å²) in [5, 5.41) is 20.3. The van der Waals surface area contributed by atoms with E-state index in [9.17, 15) is 15.0 Å². The Kier molecular flexibility index (Phi) is 3.12. The number of aromatic hydroxyl groups is 1. The summed E-state index contributed by atoms with van der Waals surface area (Å²) in [6, 6.07) is 5.80. The molecule has 2 fully saturated rings. The zero-order valence-electron chi connectivity index (χ0n) is 13.0. The fourth-order valence-electron chi connectivity index (χ4n) is 5.77. The molecular formula is C19H24O3. The molecule has 0 aliphatic heterocycles. The van der Waals surface area contributed by atoms with Crippen LogP contribution in [0.15, 0.2) is 18.2 Å². The van der Waals surface area contributed by atoms with Gasteiger partial charge in [0.15, 0.2) is 0 Å². The van der Waals surface area contributed by atoms with Crippen molar-refractivity contribution in [3.63, 3.8) is 0 Å². The molecule has 3 aliphatic carbocycles. The summed E-state index contributed by atoms with van der Waals surface area (Å²) >= 11 is 0. The smallest absolute Gasteiger partial charge is 0.125 e. The normalized spacial score (nSPS) is 43.1. The first kappa shape index (κ1) is 14.3. The Morgan fingerprint density at radius 1 is 1.32 bits per heavy atom. The highest BCUT2D eigenvalue weighted by Gasteiger charge is 2.57. The van der Waals surface area contributed by atoms with Gasteiger partial charge in [0.25, 0.3) is 0 Å². The number of carbonyl (C=O) groups excluding carboxylic acids is 1. The first-order valence-corrected chi connectivity index (χ1v) is 8.50. The second-order valence-corrected chi connectivity index (χ2v) is 7.82. The van der Waals surface area contributed by atoms with Gasteiger partial charge in [-0.3, -0.25) is 0 Å². The average molecular weight is 300 g/mol. The number of carbonyl (C=O) groups is 1. The second-order valence-electron chi connectivity index (χ2n) is 7.82. The highest BCUT2D eigenvalue weighted by atomic mass is 16.3. The van der Waals surface area contributed by atoms with E-state index in [0.717, 1.165) is 38.4 Å². The summed E-state index contributed by atoms with van der Waals surface area (Å²) in [6.45, 7) is 2.19. The number of aliphatic hydroxyl groups excluding tert-OH is 1. The molecule has 0 radical (unpaired) electrons. The maximum absolute atomic E-state index is 11.3. The Labute approximate surface area is 131 Å². The first-order valence-electron chi connectivity index (χ1n) is 8.50. The zero-order chi connectivity index (χ0) is 15.5. The van der Waals surface area contributed by atoms with Gasteiger partial charge in [-0.2, -0.15) is 0 Å². The van der Waals surface area contributed by atoms with E-state index in [1.807, 2.05) is 6.07 Å². The molecular weight excluding hydrogens is 276 g/mol. The maximum Gasteiger partial charge on any atom is 0.125 e. The predicted octanol–water partition coefficient (Wildman–Crippen LogP) is 3.03. The van der Waals surface area contributed by atoms with Crippen molar-refractivity contribution < 1.29 is 15.0 Å². The van der Waals surface area contributed by atoms with Gasteiger partial charge in [0.2, 0.25) is 0 Å². The van der Waals surface area contributed by atoms with Crippen LogP contribution in [0.25, 0.3) is 0 Å². The Hall–Kier alpha value is -1.35. The van der Waals surface area contributed by atoms with Crippen molar-refractivity contribution >= 4 is 6.29 Å². The van der Waals surface area contributed by atoms with Crippen LogP contribution >= 0.6 is 0 Å². The van der Waals surface area contributed by atoms with Crippen LogP contribution in [0.4, 0.5) is 0 Å². The Balaban J connectivity index is 1.70. The summed E-state index contributed by atoms with van der Waals surface area (Å²) in [5.74, 6) is 1.71. The van der Waals surface area contributed by atoms with Crippen molar-refractivity contribution in [2.75, 3.05) is 0 Å². The van der Waals surface area contributed by atoms with Crippen molar-refractivity contribution in [1.82, 2.24) is 0 Å². The Morgan fingerprint density at radius 2 is 2.14 bits per heavy atom. The fraction of sp³-hybridized carbons (Fsp3) is 0.632. The largest absolute Gasteiger partial charge is 0.508 e. The monoisotopic (exact) mass is 300 g/mol. The van der Waals surface area contributed by atoms with E-state index < -0.39 is 6.10 Å². The SMILES string of the molecule is CC12CCC3c4ccc(O)cc4CCC3C1CC(C=O)C2O. The summed E-state index contributed by atoms with van der Waals surface area (Å²) in [6.07, 6.45) is 5.52. The predicted molar refractivity (Wildman–Crippen MR) is 83.7 cm³/mol. The van der Waals surface area contributed by atoms with Crippen molar-refractivity contribution in [3.05, 3.63) is 29.3 Å². The topological polar surface area (TPSA) is 57.5 Å². The van der Waals surface area contributed by atoms with Gasteiger partial charge in [0.1, 0.15) is 12.0 Å². The highest BCUT2D eigenvalue weighted by molar-refractivity contribution is 5.56. The van der Waals surface area contributed by atoms with E-state index in [1.165, 1.54) is 11.1 Å². The van der Waals surface area contributed by atoms with Gasteiger partial charge in [0, 0.05) is 5.92 Å². The molecule has 3 nitrogen and oxygen atoms in total. The molecule has 0 aromatic heterocycles. The van der Waals surface area contributed by atoms with Crippen LogP contribution in [-0.4, -0.2) is 22.6 Å². The van der Waals surface area contributed by atoms with E-state index in [1.54, 1.807) is 6.07 Å². The number of rotatable bonds is 1. The standard InChI is InChI=1S/C19H24O3/c1-19-7-6-15-14-5-3-13(21)8-11(14)2-4-16(15)17(19)9-12(10-20)18(19)22/h3,5,8,10,12,15-18,21-22H,2,4,6-7,9H2,1H3. The van der Waals surface area contributed by atoms with Crippen LogP contribution in [0.1, 0.15) is 49.7 Å². The second kappa shape index (κ2) is 4.82. The summed E-state index contributed by atoms with van der Waals surface area (Å²) in [4.78, 5) is 11.3. The third kappa shape index (κ3) is 1.81. The van der Waals surface area contributed by atoms with Gasteiger partial charge >= 0.3 is 0 Å². The number of aryl methyl sites for hydroxylation is 1. The quantitative estimate of drug-likeness (QED) is 0.784. The lowest BCUT2D eigenvalue weighted by Crippen LogP contribution is -2.44. The molecule has 2 N–H and O–H groups in total. The highest BCUT2D eigenvalue weighted by Crippen LogP contribution is 2.61. The lowest BCUT2D eigenvalue weighted by atomic mass is 9.55. The van der Waals surface area contributed by atoms with E-state index >= 15 is 0 Å². The van der Waals surface area contributed by atoms with E-state index in [2.05, 4.69) is 13.0 Å². The minimum atomic E-state index is -0.475. The van der Waals surface area contributed by atoms with Gasteiger partial charge in [-0.15, -0.1) is 0 Å². The van der Waals surface area contributed by atoms with Crippen molar-refractivity contribution in [3.8, 4) is 5.75 Å². The van der Waals surface area contributed by atoms with Crippen molar-refractivity contribution in [2.45, 2.75) is 51.0 Å². The number of hydrogen-bond donors (Lipinski definition) is 2. The molecule has 2 saturated carbocycles. The number of phenols is 1. The molecule has 1 aromatic carbocycles. The summed E-state index contributed by atoms with van der Waals surface area (Å²) in [7, 11) is 0.